The zero-order valence-corrected chi connectivity index (χ0v) is 10.4. The van der Waals surface area contributed by atoms with Crippen LogP contribution in [0.5, 0.6) is 0 Å². The number of nitrogens with zero attached hydrogens (tertiary/aromatic N) is 2. The molecule has 90 valence electrons. The topological polar surface area (TPSA) is 91.8 Å². The second-order valence-corrected chi connectivity index (χ2v) is 4.64. The van der Waals surface area contributed by atoms with E-state index in [9.17, 15) is 4.79 Å². The van der Waals surface area contributed by atoms with E-state index in [-0.39, 0.29) is 5.91 Å². The molecular weight excluding hydrogens is 248 g/mol. The number of nitrogens with two attached hydrogens (primary N) is 1. The molecule has 1 amide bonds. The molecule has 3 N–H and O–H groups in total. The van der Waals surface area contributed by atoms with E-state index in [2.05, 4.69) is 10.3 Å². The van der Waals surface area contributed by atoms with Crippen LogP contribution in [0.25, 0.3) is 0 Å². The van der Waals surface area contributed by atoms with E-state index < -0.39 is 0 Å². The maximum atomic E-state index is 12.0. The first-order valence-corrected chi connectivity index (χ1v) is 5.96. The van der Waals surface area contributed by atoms with Crippen LogP contribution < -0.4 is 11.1 Å². The second-order valence-electron chi connectivity index (χ2n) is 3.61. The van der Waals surface area contributed by atoms with Gasteiger partial charge in [0.15, 0.2) is 5.13 Å². The molecular formula is C12H10N4OS. The van der Waals surface area contributed by atoms with Gasteiger partial charge in [0.05, 0.1) is 17.3 Å². The number of aromatic nitrogens is 1. The van der Waals surface area contributed by atoms with Gasteiger partial charge in [0.2, 0.25) is 0 Å². The van der Waals surface area contributed by atoms with Gasteiger partial charge in [-0.3, -0.25) is 4.79 Å². The van der Waals surface area contributed by atoms with Gasteiger partial charge in [-0.25, -0.2) is 4.98 Å². The summed E-state index contributed by atoms with van der Waals surface area (Å²) >= 11 is 1.14. The van der Waals surface area contributed by atoms with Crippen molar-refractivity contribution in [1.82, 2.24) is 4.98 Å². The fraction of sp³-hybridized carbons (Fsp3) is 0.0833. The van der Waals surface area contributed by atoms with E-state index in [0.717, 1.165) is 11.3 Å². The fourth-order valence-electron chi connectivity index (χ4n) is 1.48. The molecule has 18 heavy (non-hydrogen) atoms. The third-order valence-corrected chi connectivity index (χ3v) is 3.25. The third kappa shape index (κ3) is 2.47. The van der Waals surface area contributed by atoms with Gasteiger partial charge in [0.25, 0.3) is 5.91 Å². The number of thiazole rings is 1. The molecule has 0 aliphatic rings. The fourth-order valence-corrected chi connectivity index (χ4v) is 2.21. The van der Waals surface area contributed by atoms with Crippen LogP contribution >= 0.6 is 11.3 Å². The Hall–Kier alpha value is -2.39. The smallest absolute Gasteiger partial charge is 0.267 e. The molecule has 0 spiro atoms. The van der Waals surface area contributed by atoms with Crippen molar-refractivity contribution in [2.24, 2.45) is 0 Å². The van der Waals surface area contributed by atoms with Crippen LogP contribution in [0.1, 0.15) is 20.9 Å². The molecule has 5 nitrogen and oxygen atoms in total. The lowest BCUT2D eigenvalue weighted by Gasteiger charge is -2.03. The highest BCUT2D eigenvalue weighted by Gasteiger charge is 2.14. The summed E-state index contributed by atoms with van der Waals surface area (Å²) < 4.78 is 0. The number of amides is 1. The largest absolute Gasteiger partial charge is 0.375 e. The molecule has 1 heterocycles. The molecule has 0 radical (unpaired) electrons. The normalized spacial score (nSPS) is 9.78. The van der Waals surface area contributed by atoms with Gasteiger partial charge < -0.3 is 11.1 Å². The number of anilines is 2. The number of rotatable bonds is 2. The molecule has 1 aromatic carbocycles. The van der Waals surface area contributed by atoms with Gasteiger partial charge in [-0.05, 0) is 25.1 Å². The molecule has 2 aromatic rings. The van der Waals surface area contributed by atoms with Gasteiger partial charge in [-0.1, -0.05) is 17.4 Å². The Morgan fingerprint density at radius 1 is 1.56 bits per heavy atom. The SMILES string of the molecule is Cc1nc(N)sc1C(=O)Nc1cccc(C#N)c1. The highest BCUT2D eigenvalue weighted by molar-refractivity contribution is 7.17. The Morgan fingerprint density at radius 3 is 2.94 bits per heavy atom. The predicted molar refractivity (Wildman–Crippen MR) is 70.4 cm³/mol. The van der Waals surface area contributed by atoms with E-state index in [0.29, 0.717) is 27.0 Å². The Labute approximate surface area is 108 Å². The molecule has 0 bridgehead atoms. The molecule has 0 atom stereocenters. The minimum absolute atomic E-state index is 0.267. The third-order valence-electron chi connectivity index (χ3n) is 2.27. The summed E-state index contributed by atoms with van der Waals surface area (Å²) in [6.45, 7) is 1.73. The number of nitrogen functional groups attached to an aromatic ring is 1. The van der Waals surface area contributed by atoms with Crippen LogP contribution in [0.4, 0.5) is 10.8 Å². The van der Waals surface area contributed by atoms with E-state index in [1.807, 2.05) is 6.07 Å². The molecule has 0 saturated heterocycles. The number of nitriles is 1. The van der Waals surface area contributed by atoms with Crippen LogP contribution in [0.3, 0.4) is 0 Å². The van der Waals surface area contributed by atoms with Crippen molar-refractivity contribution < 1.29 is 4.79 Å². The van der Waals surface area contributed by atoms with E-state index in [4.69, 9.17) is 11.0 Å². The monoisotopic (exact) mass is 258 g/mol. The standard InChI is InChI=1S/C12H10N4OS/c1-7-10(18-12(14)15-7)11(17)16-9-4-2-3-8(5-9)6-13/h2-5H,1H3,(H2,14,15)(H,16,17). The first-order chi connectivity index (χ1) is 8.60. The maximum absolute atomic E-state index is 12.0. The van der Waals surface area contributed by atoms with Gasteiger partial charge in [-0.2, -0.15) is 5.26 Å². The average Bonchev–Trinajstić information content (AvgIpc) is 2.69. The summed E-state index contributed by atoms with van der Waals surface area (Å²) in [6.07, 6.45) is 0. The maximum Gasteiger partial charge on any atom is 0.267 e. The van der Waals surface area contributed by atoms with Crippen molar-refractivity contribution in [3.05, 3.63) is 40.4 Å². The average molecular weight is 258 g/mol. The summed E-state index contributed by atoms with van der Waals surface area (Å²) in [5, 5.41) is 11.8. The number of nitrogens with one attached hydrogen (secondary N) is 1. The quantitative estimate of drug-likeness (QED) is 0.863. The lowest BCUT2D eigenvalue weighted by Crippen LogP contribution is -2.11. The molecule has 0 fully saturated rings. The lowest BCUT2D eigenvalue weighted by atomic mass is 10.2. The van der Waals surface area contributed by atoms with Crippen molar-refractivity contribution in [1.29, 1.82) is 5.26 Å². The molecule has 0 aliphatic carbocycles. The van der Waals surface area contributed by atoms with Crippen molar-refractivity contribution in [3.63, 3.8) is 0 Å². The summed E-state index contributed by atoms with van der Waals surface area (Å²) in [4.78, 5) is 16.4. The van der Waals surface area contributed by atoms with Crippen LogP contribution in [0.15, 0.2) is 24.3 Å². The van der Waals surface area contributed by atoms with E-state index >= 15 is 0 Å². The number of carbonyl (C=O) groups excluding carboxylic acids is 1. The van der Waals surface area contributed by atoms with Crippen molar-refractivity contribution >= 4 is 28.1 Å². The Bertz CT molecular complexity index is 642. The highest BCUT2D eigenvalue weighted by atomic mass is 32.1. The predicted octanol–water partition coefficient (Wildman–Crippen LogP) is 2.16. The lowest BCUT2D eigenvalue weighted by molar-refractivity contribution is 0.103. The first kappa shape index (κ1) is 12.1. The number of benzene rings is 1. The molecule has 0 unspecified atom stereocenters. The highest BCUT2D eigenvalue weighted by Crippen LogP contribution is 2.21. The summed E-state index contributed by atoms with van der Waals surface area (Å²) in [6, 6.07) is 8.73. The van der Waals surface area contributed by atoms with Crippen LogP contribution in [-0.2, 0) is 0 Å². The zero-order valence-electron chi connectivity index (χ0n) is 9.60. The van der Waals surface area contributed by atoms with Gasteiger partial charge >= 0.3 is 0 Å². The zero-order chi connectivity index (χ0) is 13.1. The molecule has 0 saturated carbocycles. The Kier molecular flexibility index (Phi) is 3.26. The molecule has 0 aliphatic heterocycles. The number of aryl methyl sites for hydroxylation is 1. The molecule has 1 aromatic heterocycles. The Morgan fingerprint density at radius 2 is 2.33 bits per heavy atom. The van der Waals surface area contributed by atoms with Gasteiger partial charge in [0, 0.05) is 5.69 Å². The Balaban J connectivity index is 2.21. The van der Waals surface area contributed by atoms with Crippen LogP contribution in [0, 0.1) is 18.3 Å². The minimum atomic E-state index is -0.267. The van der Waals surface area contributed by atoms with Gasteiger partial charge in [-0.15, -0.1) is 0 Å². The van der Waals surface area contributed by atoms with E-state index in [1.165, 1.54) is 0 Å². The summed E-state index contributed by atoms with van der Waals surface area (Å²) in [7, 11) is 0. The van der Waals surface area contributed by atoms with Gasteiger partial charge in [0.1, 0.15) is 4.88 Å². The second kappa shape index (κ2) is 4.85. The van der Waals surface area contributed by atoms with Crippen LogP contribution in [-0.4, -0.2) is 10.9 Å². The first-order valence-electron chi connectivity index (χ1n) is 5.14. The van der Waals surface area contributed by atoms with E-state index in [1.54, 1.807) is 31.2 Å². The summed E-state index contributed by atoms with van der Waals surface area (Å²) in [5.74, 6) is -0.267. The molecule has 2 rings (SSSR count). The number of hydrogen-bond acceptors (Lipinski definition) is 5. The number of hydrogen-bond donors (Lipinski definition) is 2. The van der Waals surface area contributed by atoms with Crippen molar-refractivity contribution in [2.45, 2.75) is 6.92 Å². The van der Waals surface area contributed by atoms with Crippen molar-refractivity contribution in [3.8, 4) is 6.07 Å². The van der Waals surface area contributed by atoms with Crippen LogP contribution in [0.2, 0.25) is 0 Å². The van der Waals surface area contributed by atoms with Crippen molar-refractivity contribution in [2.75, 3.05) is 11.1 Å². The number of carbonyl (C=O) groups is 1. The summed E-state index contributed by atoms with van der Waals surface area (Å²) in [5.41, 5.74) is 7.21. The molecule has 6 heteroatoms. The minimum Gasteiger partial charge on any atom is -0.375 e.